The van der Waals surface area contributed by atoms with Gasteiger partial charge in [-0.25, -0.2) is 4.98 Å². The second-order valence-electron chi connectivity index (χ2n) is 9.10. The molecule has 1 amide bonds. The van der Waals surface area contributed by atoms with Gasteiger partial charge < -0.3 is 18.9 Å². The summed E-state index contributed by atoms with van der Waals surface area (Å²) < 4.78 is 13.4. The highest BCUT2D eigenvalue weighted by atomic mass is 16.5. The van der Waals surface area contributed by atoms with E-state index in [0.717, 1.165) is 29.5 Å². The van der Waals surface area contributed by atoms with Crippen molar-refractivity contribution in [3.8, 4) is 5.75 Å². The lowest BCUT2D eigenvalue weighted by Crippen LogP contribution is -2.51. The lowest BCUT2D eigenvalue weighted by atomic mass is 9.87. The Morgan fingerprint density at radius 1 is 1.16 bits per heavy atom. The third kappa shape index (κ3) is 5.88. The first-order valence-electron chi connectivity index (χ1n) is 11.7. The molecule has 0 bridgehead atoms. The van der Waals surface area contributed by atoms with E-state index < -0.39 is 6.10 Å². The predicted molar refractivity (Wildman–Crippen MR) is 120 cm³/mol. The van der Waals surface area contributed by atoms with Crippen molar-refractivity contribution in [1.29, 1.82) is 0 Å². The van der Waals surface area contributed by atoms with E-state index in [2.05, 4.69) is 15.7 Å². The zero-order valence-corrected chi connectivity index (χ0v) is 18.8. The summed E-state index contributed by atoms with van der Waals surface area (Å²) in [7, 11) is 1.66. The van der Waals surface area contributed by atoms with Crippen molar-refractivity contribution >= 4 is 5.91 Å². The van der Waals surface area contributed by atoms with Crippen LogP contribution in [0.3, 0.4) is 0 Å². The lowest BCUT2D eigenvalue weighted by molar-refractivity contribution is -0.161. The molecule has 0 N–H and O–H groups in total. The van der Waals surface area contributed by atoms with E-state index in [-0.39, 0.29) is 12.0 Å². The number of hydrogen-bond donors (Lipinski definition) is 0. The maximum Gasteiger partial charge on any atom is 0.252 e. The fraction of sp³-hybridized carbons (Fsp3) is 0.600. The van der Waals surface area contributed by atoms with Gasteiger partial charge in [-0.05, 0) is 37.0 Å². The Bertz CT molecular complexity index is 842. The molecular weight excluding hydrogens is 390 g/mol. The molecule has 1 aromatic carbocycles. The molecule has 0 unspecified atom stereocenters. The van der Waals surface area contributed by atoms with E-state index in [9.17, 15) is 4.79 Å². The Kier molecular flexibility index (Phi) is 7.28. The first-order chi connectivity index (χ1) is 15.1. The van der Waals surface area contributed by atoms with Crippen molar-refractivity contribution in [2.45, 2.75) is 77.2 Å². The van der Waals surface area contributed by atoms with Gasteiger partial charge in [-0.1, -0.05) is 44.2 Å². The van der Waals surface area contributed by atoms with Crippen molar-refractivity contribution in [2.75, 3.05) is 13.7 Å². The molecule has 1 saturated carbocycles. The Hall–Kier alpha value is -2.34. The van der Waals surface area contributed by atoms with Crippen LogP contribution in [0.4, 0.5) is 0 Å². The Morgan fingerprint density at radius 2 is 1.94 bits per heavy atom. The first kappa shape index (κ1) is 21.9. The van der Waals surface area contributed by atoms with Crippen LogP contribution in [0.15, 0.2) is 36.8 Å². The maximum atomic E-state index is 13.1. The molecule has 0 radical (unpaired) electrons. The lowest BCUT2D eigenvalue weighted by Gasteiger charge is -2.36. The number of nitrogens with zero attached hydrogens (tertiary/aromatic N) is 3. The van der Waals surface area contributed by atoms with Gasteiger partial charge in [-0.2, -0.15) is 0 Å². The van der Waals surface area contributed by atoms with Crippen LogP contribution in [-0.4, -0.2) is 46.2 Å². The molecule has 0 spiro atoms. The minimum Gasteiger partial charge on any atom is -0.497 e. The van der Waals surface area contributed by atoms with Crippen LogP contribution < -0.4 is 4.74 Å². The van der Waals surface area contributed by atoms with Gasteiger partial charge in [0, 0.05) is 32.3 Å². The third-order valence-corrected chi connectivity index (χ3v) is 6.60. The minimum atomic E-state index is -0.469. The summed E-state index contributed by atoms with van der Waals surface area (Å²) >= 11 is 0. The summed E-state index contributed by atoms with van der Waals surface area (Å²) in [6.45, 7) is 4.24. The van der Waals surface area contributed by atoms with Gasteiger partial charge in [0.15, 0.2) is 0 Å². The molecule has 31 heavy (non-hydrogen) atoms. The molecule has 2 aliphatic rings. The smallest absolute Gasteiger partial charge is 0.252 e. The molecule has 2 atom stereocenters. The number of hydrogen-bond acceptors (Lipinski definition) is 4. The summed E-state index contributed by atoms with van der Waals surface area (Å²) in [6.07, 6.45) is 12.2. The molecule has 168 valence electrons. The number of aryl methyl sites for hydroxylation is 1. The fourth-order valence-electron chi connectivity index (χ4n) is 4.85. The SMILES string of the molecule is COc1ccc(CN2C[C@@H](C)O[C@@H](Cc3cn(CCC4CCCCC4)cn3)C2=O)cc1. The van der Waals surface area contributed by atoms with Crippen molar-refractivity contribution in [1.82, 2.24) is 14.5 Å². The highest BCUT2D eigenvalue weighted by molar-refractivity contribution is 5.82. The molecule has 2 heterocycles. The van der Waals surface area contributed by atoms with Crippen LogP contribution in [0.25, 0.3) is 0 Å². The van der Waals surface area contributed by atoms with Gasteiger partial charge in [-0.15, -0.1) is 0 Å². The molecule has 1 saturated heterocycles. The molecule has 1 aliphatic heterocycles. The summed E-state index contributed by atoms with van der Waals surface area (Å²) in [4.78, 5) is 19.5. The number of amides is 1. The third-order valence-electron chi connectivity index (χ3n) is 6.60. The van der Waals surface area contributed by atoms with Crippen molar-refractivity contribution < 1.29 is 14.3 Å². The molecule has 1 aliphatic carbocycles. The quantitative estimate of drug-likeness (QED) is 0.635. The molecule has 6 nitrogen and oxygen atoms in total. The van der Waals surface area contributed by atoms with Gasteiger partial charge in [0.25, 0.3) is 5.91 Å². The molecule has 2 aromatic rings. The van der Waals surface area contributed by atoms with E-state index in [1.807, 2.05) is 42.4 Å². The van der Waals surface area contributed by atoms with E-state index in [4.69, 9.17) is 9.47 Å². The van der Waals surface area contributed by atoms with Gasteiger partial charge in [0.2, 0.25) is 0 Å². The van der Waals surface area contributed by atoms with Crippen molar-refractivity contribution in [2.24, 2.45) is 5.92 Å². The highest BCUT2D eigenvalue weighted by Crippen LogP contribution is 2.27. The van der Waals surface area contributed by atoms with E-state index >= 15 is 0 Å². The fourth-order valence-corrected chi connectivity index (χ4v) is 4.85. The maximum absolute atomic E-state index is 13.1. The number of ether oxygens (including phenoxy) is 2. The van der Waals surface area contributed by atoms with E-state index in [0.29, 0.717) is 19.5 Å². The largest absolute Gasteiger partial charge is 0.497 e. The topological polar surface area (TPSA) is 56.6 Å². The van der Waals surface area contributed by atoms with E-state index in [1.54, 1.807) is 7.11 Å². The number of carbonyl (C=O) groups excluding carboxylic acids is 1. The van der Waals surface area contributed by atoms with Crippen LogP contribution in [-0.2, 0) is 29.0 Å². The molecule has 2 fully saturated rings. The minimum absolute atomic E-state index is 0.00864. The number of benzene rings is 1. The summed E-state index contributed by atoms with van der Waals surface area (Å²) in [5.41, 5.74) is 2.02. The van der Waals surface area contributed by atoms with Gasteiger partial charge >= 0.3 is 0 Å². The van der Waals surface area contributed by atoms with Gasteiger partial charge in [-0.3, -0.25) is 4.79 Å². The number of rotatable bonds is 8. The van der Waals surface area contributed by atoms with Crippen LogP contribution in [0.5, 0.6) is 5.75 Å². The number of methoxy groups -OCH3 is 1. The van der Waals surface area contributed by atoms with Crippen LogP contribution >= 0.6 is 0 Å². The molecular formula is C25H35N3O3. The zero-order chi connectivity index (χ0) is 21.6. The highest BCUT2D eigenvalue weighted by Gasteiger charge is 2.33. The van der Waals surface area contributed by atoms with Crippen molar-refractivity contribution in [3.63, 3.8) is 0 Å². The second kappa shape index (κ2) is 10.3. The summed E-state index contributed by atoms with van der Waals surface area (Å²) in [5.74, 6) is 1.73. The molecule has 4 rings (SSSR count). The first-order valence-corrected chi connectivity index (χ1v) is 11.7. The summed E-state index contributed by atoms with van der Waals surface area (Å²) in [6, 6.07) is 7.88. The van der Waals surface area contributed by atoms with Crippen LogP contribution in [0, 0.1) is 5.92 Å². The monoisotopic (exact) mass is 425 g/mol. The Balaban J connectivity index is 1.33. The second-order valence-corrected chi connectivity index (χ2v) is 9.10. The average molecular weight is 426 g/mol. The zero-order valence-electron chi connectivity index (χ0n) is 18.8. The van der Waals surface area contributed by atoms with Crippen LogP contribution in [0.2, 0.25) is 0 Å². The van der Waals surface area contributed by atoms with E-state index in [1.165, 1.54) is 38.5 Å². The summed E-state index contributed by atoms with van der Waals surface area (Å²) in [5, 5.41) is 0. The Labute approximate surface area is 185 Å². The Morgan fingerprint density at radius 3 is 2.68 bits per heavy atom. The van der Waals surface area contributed by atoms with Crippen LogP contribution in [0.1, 0.15) is 56.7 Å². The predicted octanol–water partition coefficient (Wildman–Crippen LogP) is 4.22. The standard InChI is InChI=1S/C25H35N3O3/c1-19-15-28(16-21-8-10-23(30-2)11-9-21)25(29)24(31-19)14-22-17-27(18-26-22)13-12-20-6-4-3-5-7-20/h8-11,17-20,24H,3-7,12-16H2,1-2H3/t19-,24+/m1/s1. The van der Waals surface area contributed by atoms with Gasteiger partial charge in [0.05, 0.1) is 25.2 Å². The normalized spacial score (nSPS) is 22.6. The molecule has 6 heteroatoms. The average Bonchev–Trinajstić information content (AvgIpc) is 3.24. The molecule has 1 aromatic heterocycles. The van der Waals surface area contributed by atoms with Gasteiger partial charge in [0.1, 0.15) is 11.9 Å². The number of imidazole rings is 1. The van der Waals surface area contributed by atoms with Crippen molar-refractivity contribution in [3.05, 3.63) is 48.0 Å². The number of aromatic nitrogens is 2. The number of carbonyl (C=O) groups is 1. The number of morpholine rings is 1.